The smallest absolute Gasteiger partial charge is 0.370 e. The number of guanidine groups is 1. The third kappa shape index (κ3) is 4.40. The summed E-state index contributed by atoms with van der Waals surface area (Å²) in [6, 6.07) is 2.58. The molecule has 136 valence electrons. The molecule has 2 aromatic rings. The van der Waals surface area contributed by atoms with Crippen molar-refractivity contribution in [1.82, 2.24) is 19.9 Å². The zero-order valence-corrected chi connectivity index (χ0v) is 13.8. The summed E-state index contributed by atoms with van der Waals surface area (Å²) >= 11 is 0. The fourth-order valence-corrected chi connectivity index (χ4v) is 3.05. The molecule has 3 N–H and O–H groups in total. The molecule has 1 fully saturated rings. The molecular weight excluding hydrogens is 333 g/mol. The average molecular weight is 354 g/mol. The Hall–Kier alpha value is -2.32. The second-order valence-electron chi connectivity index (χ2n) is 6.29. The molecule has 3 rings (SSSR count). The number of nitrogens with zero attached hydrogens (tertiary/aromatic N) is 4. The van der Waals surface area contributed by atoms with E-state index in [1.807, 2.05) is 0 Å². The molecule has 0 radical (unpaired) electrons. The maximum Gasteiger partial charge on any atom is 0.417 e. The summed E-state index contributed by atoms with van der Waals surface area (Å²) in [6.45, 7) is 0.0635. The van der Waals surface area contributed by atoms with Crippen molar-refractivity contribution >= 4 is 11.6 Å². The monoisotopic (exact) mass is 354 g/mol. The summed E-state index contributed by atoms with van der Waals surface area (Å²) < 4.78 is 39.8. The van der Waals surface area contributed by atoms with Crippen molar-refractivity contribution in [1.29, 1.82) is 0 Å². The summed E-state index contributed by atoms with van der Waals surface area (Å²) in [5.41, 5.74) is 5.50. The molecule has 0 atom stereocenters. The number of hydrogen-bond donors (Lipinski definition) is 2. The van der Waals surface area contributed by atoms with Gasteiger partial charge in [-0.1, -0.05) is 25.7 Å². The van der Waals surface area contributed by atoms with E-state index >= 15 is 0 Å². The van der Waals surface area contributed by atoms with Gasteiger partial charge in [0, 0.05) is 12.2 Å². The van der Waals surface area contributed by atoms with Crippen molar-refractivity contribution in [3.63, 3.8) is 0 Å². The van der Waals surface area contributed by atoms with Crippen LogP contribution in [0.5, 0.6) is 0 Å². The Morgan fingerprint density at radius 3 is 2.60 bits per heavy atom. The minimum Gasteiger partial charge on any atom is -0.370 e. The normalized spacial score (nSPS) is 17.6. The van der Waals surface area contributed by atoms with Crippen LogP contribution in [-0.2, 0) is 12.7 Å². The van der Waals surface area contributed by atoms with E-state index in [9.17, 15) is 13.2 Å². The van der Waals surface area contributed by atoms with E-state index in [0.717, 1.165) is 25.1 Å². The molecule has 0 amide bonds. The van der Waals surface area contributed by atoms with Gasteiger partial charge in [-0.05, 0) is 25.0 Å². The standard InChI is InChI=1S/C16H21F3N6/c17-16(18,19)11-7-8-13-23-24-14(25(13)10-11)9-21-15(20)22-12-5-3-1-2-4-6-12/h7-8,10,12H,1-6,9H2,(H3,20,21,22). The number of pyridine rings is 1. The van der Waals surface area contributed by atoms with Crippen molar-refractivity contribution < 1.29 is 13.2 Å². The molecule has 0 spiro atoms. The molecule has 0 unspecified atom stereocenters. The first kappa shape index (κ1) is 17.5. The van der Waals surface area contributed by atoms with Crippen LogP contribution >= 0.6 is 0 Å². The molecule has 0 saturated heterocycles. The zero-order chi connectivity index (χ0) is 17.9. The molecule has 2 aromatic heterocycles. The van der Waals surface area contributed by atoms with Crippen LogP contribution in [0.3, 0.4) is 0 Å². The van der Waals surface area contributed by atoms with Crippen molar-refractivity contribution in [3.05, 3.63) is 29.7 Å². The van der Waals surface area contributed by atoms with Crippen LogP contribution in [0.4, 0.5) is 13.2 Å². The van der Waals surface area contributed by atoms with Gasteiger partial charge in [0.25, 0.3) is 0 Å². The summed E-state index contributed by atoms with van der Waals surface area (Å²) in [5, 5.41) is 11.0. The van der Waals surface area contributed by atoms with Crippen molar-refractivity contribution in [2.24, 2.45) is 10.7 Å². The van der Waals surface area contributed by atoms with Crippen LogP contribution in [0.25, 0.3) is 5.65 Å². The predicted molar refractivity (Wildman–Crippen MR) is 87.9 cm³/mol. The van der Waals surface area contributed by atoms with Crippen molar-refractivity contribution in [2.45, 2.75) is 57.3 Å². The molecule has 1 aliphatic rings. The van der Waals surface area contributed by atoms with Crippen molar-refractivity contribution in [2.75, 3.05) is 0 Å². The zero-order valence-electron chi connectivity index (χ0n) is 13.8. The van der Waals surface area contributed by atoms with E-state index in [2.05, 4.69) is 20.5 Å². The molecule has 1 aliphatic carbocycles. The maximum absolute atomic E-state index is 12.8. The van der Waals surface area contributed by atoms with Gasteiger partial charge in [-0.2, -0.15) is 13.2 Å². The number of hydrogen-bond acceptors (Lipinski definition) is 3. The van der Waals surface area contributed by atoms with Crippen LogP contribution in [0, 0.1) is 0 Å². The molecule has 0 aromatic carbocycles. The minimum absolute atomic E-state index is 0.0635. The number of aliphatic imine (C=N–C) groups is 1. The van der Waals surface area contributed by atoms with Gasteiger partial charge in [-0.15, -0.1) is 10.2 Å². The minimum atomic E-state index is -4.42. The van der Waals surface area contributed by atoms with Crippen LogP contribution < -0.4 is 11.1 Å². The number of nitrogens with one attached hydrogen (secondary N) is 1. The van der Waals surface area contributed by atoms with Crippen molar-refractivity contribution in [3.8, 4) is 0 Å². The molecular formula is C16H21F3N6. The fraction of sp³-hybridized carbons (Fsp3) is 0.562. The van der Waals surface area contributed by atoms with Gasteiger partial charge in [0.1, 0.15) is 6.54 Å². The second-order valence-corrected chi connectivity index (χ2v) is 6.29. The highest BCUT2D eigenvalue weighted by Crippen LogP contribution is 2.29. The fourth-order valence-electron chi connectivity index (χ4n) is 3.05. The van der Waals surface area contributed by atoms with Gasteiger partial charge in [0.15, 0.2) is 17.4 Å². The van der Waals surface area contributed by atoms with Crippen LogP contribution in [0.1, 0.15) is 49.9 Å². The molecule has 9 heteroatoms. The van der Waals surface area contributed by atoms with Crippen LogP contribution in [-0.4, -0.2) is 26.6 Å². The third-order valence-corrected chi connectivity index (χ3v) is 4.40. The Bertz CT molecular complexity index is 744. The van der Waals surface area contributed by atoms with E-state index in [4.69, 9.17) is 5.73 Å². The van der Waals surface area contributed by atoms with Gasteiger partial charge < -0.3 is 11.1 Å². The van der Waals surface area contributed by atoms with E-state index in [1.165, 1.54) is 36.2 Å². The summed E-state index contributed by atoms with van der Waals surface area (Å²) in [6.07, 6.45) is 3.48. The van der Waals surface area contributed by atoms with Gasteiger partial charge >= 0.3 is 6.18 Å². The number of nitrogens with two attached hydrogens (primary N) is 1. The lowest BCUT2D eigenvalue weighted by Crippen LogP contribution is -2.39. The lowest BCUT2D eigenvalue weighted by atomic mass is 10.1. The first-order valence-corrected chi connectivity index (χ1v) is 8.41. The molecule has 0 bridgehead atoms. The maximum atomic E-state index is 12.8. The molecule has 25 heavy (non-hydrogen) atoms. The first-order valence-electron chi connectivity index (χ1n) is 8.41. The van der Waals surface area contributed by atoms with E-state index < -0.39 is 11.7 Å². The number of fused-ring (bicyclic) bond motifs is 1. The highest BCUT2D eigenvalue weighted by atomic mass is 19.4. The molecule has 1 saturated carbocycles. The Morgan fingerprint density at radius 1 is 1.20 bits per heavy atom. The number of alkyl halides is 3. The topological polar surface area (TPSA) is 80.6 Å². The SMILES string of the molecule is NC(=NCc1nnc2ccc(C(F)(F)F)cn12)NC1CCCCCC1. The lowest BCUT2D eigenvalue weighted by Gasteiger charge is -2.16. The largest absolute Gasteiger partial charge is 0.417 e. The Kier molecular flexibility index (Phi) is 5.10. The summed E-state index contributed by atoms with van der Waals surface area (Å²) in [4.78, 5) is 4.21. The first-order chi connectivity index (χ1) is 11.9. The highest BCUT2D eigenvalue weighted by molar-refractivity contribution is 5.78. The predicted octanol–water partition coefficient (Wildman–Crippen LogP) is 2.88. The molecule has 2 heterocycles. The number of aromatic nitrogens is 3. The number of rotatable bonds is 3. The van der Waals surface area contributed by atoms with Crippen LogP contribution in [0.15, 0.2) is 23.3 Å². The van der Waals surface area contributed by atoms with Gasteiger partial charge in [-0.3, -0.25) is 4.40 Å². The third-order valence-electron chi connectivity index (χ3n) is 4.40. The van der Waals surface area contributed by atoms with Crippen LogP contribution in [0.2, 0.25) is 0 Å². The summed E-state index contributed by atoms with van der Waals surface area (Å²) in [5.74, 6) is 0.599. The Labute approximate surface area is 143 Å². The van der Waals surface area contributed by atoms with Gasteiger partial charge in [-0.25, -0.2) is 4.99 Å². The quantitative estimate of drug-likeness (QED) is 0.505. The lowest BCUT2D eigenvalue weighted by molar-refractivity contribution is -0.137. The van der Waals surface area contributed by atoms with E-state index in [0.29, 0.717) is 17.5 Å². The second kappa shape index (κ2) is 7.28. The van der Waals surface area contributed by atoms with Gasteiger partial charge in [0.2, 0.25) is 0 Å². The van der Waals surface area contributed by atoms with Gasteiger partial charge in [0.05, 0.1) is 5.56 Å². The highest BCUT2D eigenvalue weighted by Gasteiger charge is 2.31. The average Bonchev–Trinajstić information content (AvgIpc) is 2.79. The number of halogens is 3. The van der Waals surface area contributed by atoms with E-state index in [-0.39, 0.29) is 12.5 Å². The molecule has 6 nitrogen and oxygen atoms in total. The molecule has 0 aliphatic heterocycles. The summed E-state index contributed by atoms with van der Waals surface area (Å²) in [7, 11) is 0. The van der Waals surface area contributed by atoms with E-state index in [1.54, 1.807) is 0 Å². The Balaban J connectivity index is 1.71. The Morgan fingerprint density at radius 2 is 1.92 bits per heavy atom.